The lowest BCUT2D eigenvalue weighted by Crippen LogP contribution is -2.25. The summed E-state index contributed by atoms with van der Waals surface area (Å²) in [6, 6.07) is 13.4. The second-order valence-corrected chi connectivity index (χ2v) is 6.79. The Labute approximate surface area is 186 Å². The van der Waals surface area contributed by atoms with Gasteiger partial charge in [0, 0.05) is 6.54 Å². The summed E-state index contributed by atoms with van der Waals surface area (Å²) in [6.07, 6.45) is 3.21. The number of unbranched alkanes of at least 4 members (excludes halogenated alkanes) is 1. The Morgan fingerprint density at radius 1 is 1.16 bits per heavy atom. The number of hydrogen-bond donors (Lipinski definition) is 1. The zero-order chi connectivity index (χ0) is 22.6. The van der Waals surface area contributed by atoms with Crippen LogP contribution in [0.5, 0.6) is 17.2 Å². The fourth-order valence-corrected chi connectivity index (χ4v) is 2.69. The van der Waals surface area contributed by atoms with Crippen molar-refractivity contribution in [2.75, 3.05) is 20.3 Å². The van der Waals surface area contributed by atoms with Crippen LogP contribution in [0.15, 0.2) is 48.0 Å². The molecule has 1 amide bonds. The molecule has 0 fully saturated rings. The summed E-state index contributed by atoms with van der Waals surface area (Å²) in [5, 5.41) is 12.4. The predicted octanol–water partition coefficient (Wildman–Crippen LogP) is 4.16. The second kappa shape index (κ2) is 12.3. The van der Waals surface area contributed by atoms with E-state index in [1.165, 1.54) is 19.3 Å². The highest BCUT2D eigenvalue weighted by Crippen LogP contribution is 2.29. The largest absolute Gasteiger partial charge is 0.493 e. The number of para-hydroxylation sites is 1. The minimum atomic E-state index is -0.644. The molecular weight excluding hydrogens is 420 g/mol. The van der Waals surface area contributed by atoms with E-state index < -0.39 is 11.9 Å². The maximum atomic E-state index is 12.1. The summed E-state index contributed by atoms with van der Waals surface area (Å²) in [5.74, 6) is -0.270. The number of carbonyl (C=O) groups is 2. The van der Waals surface area contributed by atoms with Crippen LogP contribution in [0, 0.1) is 11.3 Å². The minimum Gasteiger partial charge on any atom is -0.493 e. The first-order valence-electron chi connectivity index (χ1n) is 9.64. The molecule has 0 unspecified atom stereocenters. The van der Waals surface area contributed by atoms with Crippen molar-refractivity contribution in [3.05, 3.63) is 58.6 Å². The Balaban J connectivity index is 2.06. The molecule has 0 saturated carbocycles. The Kier molecular flexibility index (Phi) is 9.40. The SMILES string of the molecule is CCCCNC(=O)/C(C#N)=C/c1ccc(OC(=O)COc2ccccc2Cl)c(OC)c1. The van der Waals surface area contributed by atoms with Crippen LogP contribution < -0.4 is 19.5 Å². The number of benzene rings is 2. The quantitative estimate of drug-likeness (QED) is 0.195. The topological polar surface area (TPSA) is 97.7 Å². The number of esters is 1. The molecule has 0 spiro atoms. The number of ether oxygens (including phenoxy) is 3. The van der Waals surface area contributed by atoms with Gasteiger partial charge in [0.05, 0.1) is 12.1 Å². The molecule has 0 heterocycles. The van der Waals surface area contributed by atoms with Crippen molar-refractivity contribution in [2.24, 2.45) is 0 Å². The number of nitriles is 1. The molecule has 0 radical (unpaired) electrons. The average molecular weight is 443 g/mol. The Hall–Kier alpha value is -3.50. The van der Waals surface area contributed by atoms with Crippen LogP contribution in [0.3, 0.4) is 0 Å². The third kappa shape index (κ3) is 7.36. The summed E-state index contributed by atoms with van der Waals surface area (Å²) in [6.45, 7) is 2.17. The first-order chi connectivity index (χ1) is 15.0. The highest BCUT2D eigenvalue weighted by atomic mass is 35.5. The molecule has 2 aromatic rings. The molecule has 0 aliphatic rings. The van der Waals surface area contributed by atoms with Crippen molar-refractivity contribution in [2.45, 2.75) is 19.8 Å². The van der Waals surface area contributed by atoms with Gasteiger partial charge in [-0.05, 0) is 42.3 Å². The summed E-state index contributed by atoms with van der Waals surface area (Å²) in [4.78, 5) is 24.2. The van der Waals surface area contributed by atoms with Gasteiger partial charge in [0.1, 0.15) is 17.4 Å². The Bertz CT molecular complexity index is 998. The van der Waals surface area contributed by atoms with Crippen LogP contribution in [0.4, 0.5) is 0 Å². The van der Waals surface area contributed by atoms with Gasteiger partial charge in [0.2, 0.25) is 0 Å². The van der Waals surface area contributed by atoms with E-state index >= 15 is 0 Å². The molecule has 1 N–H and O–H groups in total. The number of nitrogens with one attached hydrogen (secondary N) is 1. The van der Waals surface area contributed by atoms with E-state index in [-0.39, 0.29) is 23.7 Å². The fraction of sp³-hybridized carbons (Fsp3) is 0.261. The van der Waals surface area contributed by atoms with Gasteiger partial charge < -0.3 is 19.5 Å². The van der Waals surface area contributed by atoms with Crippen LogP contribution >= 0.6 is 11.6 Å². The maximum absolute atomic E-state index is 12.1. The third-order valence-corrected chi connectivity index (χ3v) is 4.40. The van der Waals surface area contributed by atoms with Crippen LogP contribution in [0.1, 0.15) is 25.3 Å². The van der Waals surface area contributed by atoms with Crippen LogP contribution in [-0.2, 0) is 9.59 Å². The number of carbonyl (C=O) groups excluding carboxylic acids is 2. The van der Waals surface area contributed by atoms with Crippen LogP contribution in [-0.4, -0.2) is 32.1 Å². The molecule has 0 atom stereocenters. The molecule has 0 bridgehead atoms. The monoisotopic (exact) mass is 442 g/mol. The fourth-order valence-electron chi connectivity index (χ4n) is 2.50. The zero-order valence-electron chi connectivity index (χ0n) is 17.3. The number of hydrogen-bond acceptors (Lipinski definition) is 6. The first-order valence-corrected chi connectivity index (χ1v) is 10.0. The van der Waals surface area contributed by atoms with E-state index in [4.69, 9.17) is 25.8 Å². The maximum Gasteiger partial charge on any atom is 0.349 e. The number of methoxy groups -OCH3 is 1. The lowest BCUT2D eigenvalue weighted by atomic mass is 10.1. The molecule has 8 heteroatoms. The van der Waals surface area contributed by atoms with Crippen molar-refractivity contribution in [1.82, 2.24) is 5.32 Å². The molecule has 0 aliphatic carbocycles. The Morgan fingerprint density at radius 3 is 2.61 bits per heavy atom. The number of rotatable bonds is 10. The first kappa shape index (κ1) is 23.8. The number of halogens is 1. The van der Waals surface area contributed by atoms with E-state index in [9.17, 15) is 14.9 Å². The van der Waals surface area contributed by atoms with Crippen LogP contribution in [0.25, 0.3) is 6.08 Å². The second-order valence-electron chi connectivity index (χ2n) is 6.38. The van der Waals surface area contributed by atoms with Crippen LogP contribution in [0.2, 0.25) is 5.02 Å². The lowest BCUT2D eigenvalue weighted by Gasteiger charge is -2.11. The average Bonchev–Trinajstić information content (AvgIpc) is 2.77. The van der Waals surface area contributed by atoms with Crippen molar-refractivity contribution < 1.29 is 23.8 Å². The molecule has 2 rings (SSSR count). The molecule has 2 aromatic carbocycles. The van der Waals surface area contributed by atoms with Crippen molar-refractivity contribution >= 4 is 29.6 Å². The van der Waals surface area contributed by atoms with E-state index in [1.54, 1.807) is 36.4 Å². The van der Waals surface area contributed by atoms with Gasteiger partial charge in [0.25, 0.3) is 5.91 Å². The van der Waals surface area contributed by atoms with Gasteiger partial charge in [0.15, 0.2) is 18.1 Å². The molecule has 0 aromatic heterocycles. The number of amides is 1. The molecule has 7 nitrogen and oxygen atoms in total. The summed E-state index contributed by atoms with van der Waals surface area (Å²) < 4.78 is 15.9. The van der Waals surface area contributed by atoms with Gasteiger partial charge in [-0.25, -0.2) is 4.79 Å². The summed E-state index contributed by atoms with van der Waals surface area (Å²) in [7, 11) is 1.42. The number of nitrogens with zero attached hydrogens (tertiary/aromatic N) is 1. The van der Waals surface area contributed by atoms with Gasteiger partial charge in [-0.1, -0.05) is 43.1 Å². The van der Waals surface area contributed by atoms with Gasteiger partial charge in [-0.3, -0.25) is 4.79 Å². The van der Waals surface area contributed by atoms with E-state index in [0.29, 0.717) is 22.9 Å². The molecule has 162 valence electrons. The normalized spacial score (nSPS) is 10.7. The minimum absolute atomic E-state index is 0.0314. The van der Waals surface area contributed by atoms with Crippen molar-refractivity contribution in [3.63, 3.8) is 0 Å². The van der Waals surface area contributed by atoms with Crippen molar-refractivity contribution in [1.29, 1.82) is 5.26 Å². The molecule has 0 saturated heterocycles. The van der Waals surface area contributed by atoms with Gasteiger partial charge >= 0.3 is 5.97 Å². The zero-order valence-corrected chi connectivity index (χ0v) is 18.1. The molecular formula is C23H23ClN2O5. The van der Waals surface area contributed by atoms with E-state index in [0.717, 1.165) is 12.8 Å². The van der Waals surface area contributed by atoms with E-state index in [2.05, 4.69) is 5.32 Å². The Morgan fingerprint density at radius 2 is 1.94 bits per heavy atom. The van der Waals surface area contributed by atoms with E-state index in [1.807, 2.05) is 13.0 Å². The third-order valence-electron chi connectivity index (χ3n) is 4.09. The van der Waals surface area contributed by atoms with Crippen molar-refractivity contribution in [3.8, 4) is 23.3 Å². The van der Waals surface area contributed by atoms with Gasteiger partial charge in [-0.15, -0.1) is 0 Å². The smallest absolute Gasteiger partial charge is 0.349 e. The molecule has 0 aliphatic heterocycles. The lowest BCUT2D eigenvalue weighted by molar-refractivity contribution is -0.136. The highest BCUT2D eigenvalue weighted by molar-refractivity contribution is 6.32. The highest BCUT2D eigenvalue weighted by Gasteiger charge is 2.14. The standard InChI is InChI=1S/C23H23ClN2O5/c1-3-4-11-26-23(28)17(14-25)12-16-9-10-20(21(13-16)29-2)31-22(27)15-30-19-8-6-5-7-18(19)24/h5-10,12-13H,3-4,11,15H2,1-2H3,(H,26,28)/b17-12+. The summed E-state index contributed by atoms with van der Waals surface area (Å²) >= 11 is 5.99. The predicted molar refractivity (Wildman–Crippen MR) is 117 cm³/mol. The summed E-state index contributed by atoms with van der Waals surface area (Å²) in [5.41, 5.74) is 0.516. The van der Waals surface area contributed by atoms with Gasteiger partial charge in [-0.2, -0.15) is 5.26 Å². The molecule has 31 heavy (non-hydrogen) atoms.